The maximum Gasteiger partial charge on any atom is 0.317 e. The van der Waals surface area contributed by atoms with Crippen LogP contribution in [0.3, 0.4) is 0 Å². The van der Waals surface area contributed by atoms with Crippen molar-refractivity contribution in [2.24, 2.45) is 0 Å². The second-order valence-corrected chi connectivity index (χ2v) is 4.45. The number of carboxylic acid groups (broad SMARTS) is 1. The summed E-state index contributed by atoms with van der Waals surface area (Å²) in [4.78, 5) is 23.4. The molecule has 21 heavy (non-hydrogen) atoms. The van der Waals surface area contributed by atoms with E-state index >= 15 is 0 Å². The number of carbonyl (C=O) groups is 2. The lowest BCUT2D eigenvalue weighted by atomic mass is 10.3. The highest BCUT2D eigenvalue weighted by atomic mass is 19.1. The molecule has 0 saturated heterocycles. The number of halogens is 1. The molecular weight excluding hydrogens is 279 g/mol. The topological polar surface area (TPSA) is 78.9 Å². The summed E-state index contributed by atoms with van der Waals surface area (Å²) in [5.74, 6) is -0.683. The molecule has 7 heteroatoms. The van der Waals surface area contributed by atoms with E-state index in [0.717, 1.165) is 0 Å². The number of hydrogen-bond donors (Lipinski definition) is 2. The van der Waals surface area contributed by atoms with Crippen LogP contribution in [0.1, 0.15) is 12.8 Å². The SMILES string of the molecule is CN(CCOc1ccc(F)cc1)C(=O)NCCCC(=O)O. The number of carbonyl (C=O) groups excluding carboxylic acids is 1. The highest BCUT2D eigenvalue weighted by Crippen LogP contribution is 2.10. The number of nitrogens with one attached hydrogen (secondary N) is 1. The second kappa shape index (κ2) is 8.78. The number of hydrogen-bond acceptors (Lipinski definition) is 3. The molecule has 0 saturated carbocycles. The van der Waals surface area contributed by atoms with E-state index in [1.807, 2.05) is 0 Å². The molecule has 0 fully saturated rings. The van der Waals surface area contributed by atoms with Crippen LogP contribution in [0.25, 0.3) is 0 Å². The largest absolute Gasteiger partial charge is 0.492 e. The van der Waals surface area contributed by atoms with Crippen molar-refractivity contribution in [2.45, 2.75) is 12.8 Å². The molecule has 0 spiro atoms. The Morgan fingerprint density at radius 3 is 2.62 bits per heavy atom. The summed E-state index contributed by atoms with van der Waals surface area (Å²) in [5, 5.41) is 11.1. The zero-order valence-corrected chi connectivity index (χ0v) is 11.8. The van der Waals surface area contributed by atoms with E-state index in [1.54, 1.807) is 7.05 Å². The summed E-state index contributed by atoms with van der Waals surface area (Å²) in [6.45, 7) is 0.959. The van der Waals surface area contributed by atoms with Gasteiger partial charge in [-0.15, -0.1) is 0 Å². The Bertz CT molecular complexity index is 465. The van der Waals surface area contributed by atoms with Crippen LogP contribution >= 0.6 is 0 Å². The first-order valence-electron chi connectivity index (χ1n) is 6.58. The van der Waals surface area contributed by atoms with Gasteiger partial charge in [-0.1, -0.05) is 0 Å². The molecule has 2 N–H and O–H groups in total. The zero-order chi connectivity index (χ0) is 15.7. The van der Waals surface area contributed by atoms with E-state index in [1.165, 1.54) is 29.2 Å². The molecule has 0 aromatic heterocycles. The van der Waals surface area contributed by atoms with Crippen LogP contribution in [0.5, 0.6) is 5.75 Å². The van der Waals surface area contributed by atoms with Crippen molar-refractivity contribution in [1.82, 2.24) is 10.2 Å². The lowest BCUT2D eigenvalue weighted by Crippen LogP contribution is -2.39. The minimum atomic E-state index is -0.884. The number of rotatable bonds is 8. The predicted molar refractivity (Wildman–Crippen MR) is 74.8 cm³/mol. The van der Waals surface area contributed by atoms with Gasteiger partial charge in [0.15, 0.2) is 0 Å². The van der Waals surface area contributed by atoms with Crippen molar-refractivity contribution in [3.05, 3.63) is 30.1 Å². The molecular formula is C14H19FN2O4. The van der Waals surface area contributed by atoms with Gasteiger partial charge in [-0.3, -0.25) is 4.79 Å². The predicted octanol–water partition coefficient (Wildman–Crippen LogP) is 1.71. The Hall–Kier alpha value is -2.31. The minimum absolute atomic E-state index is 0.0255. The van der Waals surface area contributed by atoms with Gasteiger partial charge in [0.05, 0.1) is 6.54 Å². The first-order valence-corrected chi connectivity index (χ1v) is 6.58. The van der Waals surface area contributed by atoms with Crippen molar-refractivity contribution in [1.29, 1.82) is 0 Å². The normalized spacial score (nSPS) is 10.0. The molecule has 0 unspecified atom stereocenters. The number of benzene rings is 1. The van der Waals surface area contributed by atoms with E-state index in [0.29, 0.717) is 25.3 Å². The molecule has 0 atom stereocenters. The number of aliphatic carboxylic acids is 1. The molecule has 0 bridgehead atoms. The molecule has 1 rings (SSSR count). The van der Waals surface area contributed by atoms with Gasteiger partial charge in [-0.05, 0) is 30.7 Å². The molecule has 0 radical (unpaired) electrons. The monoisotopic (exact) mass is 298 g/mol. The summed E-state index contributed by atoms with van der Waals surface area (Å²) < 4.78 is 18.1. The number of nitrogens with zero attached hydrogens (tertiary/aromatic N) is 1. The fourth-order valence-electron chi connectivity index (χ4n) is 1.50. The van der Waals surface area contributed by atoms with Gasteiger partial charge in [-0.25, -0.2) is 9.18 Å². The molecule has 0 aliphatic carbocycles. The van der Waals surface area contributed by atoms with Gasteiger partial charge in [-0.2, -0.15) is 0 Å². The van der Waals surface area contributed by atoms with E-state index in [-0.39, 0.29) is 24.9 Å². The van der Waals surface area contributed by atoms with E-state index in [4.69, 9.17) is 9.84 Å². The second-order valence-electron chi connectivity index (χ2n) is 4.45. The maximum atomic E-state index is 12.7. The van der Waals surface area contributed by atoms with Gasteiger partial charge < -0.3 is 20.1 Å². The smallest absolute Gasteiger partial charge is 0.317 e. The average Bonchev–Trinajstić information content (AvgIpc) is 2.45. The molecule has 0 aliphatic rings. The Labute approximate surface area is 122 Å². The molecule has 2 amide bonds. The highest BCUT2D eigenvalue weighted by molar-refractivity contribution is 5.73. The Morgan fingerprint density at radius 2 is 2.00 bits per heavy atom. The summed E-state index contributed by atoms with van der Waals surface area (Å²) in [7, 11) is 1.61. The van der Waals surface area contributed by atoms with Crippen molar-refractivity contribution in [2.75, 3.05) is 26.7 Å². The quantitative estimate of drug-likeness (QED) is 0.716. The van der Waals surface area contributed by atoms with Crippen molar-refractivity contribution in [3.8, 4) is 5.75 Å². The van der Waals surface area contributed by atoms with Crippen LogP contribution in [0.4, 0.5) is 9.18 Å². The Kier molecular flexibility index (Phi) is 7.00. The molecule has 0 heterocycles. The fraction of sp³-hybridized carbons (Fsp3) is 0.429. The van der Waals surface area contributed by atoms with Crippen LogP contribution in [-0.2, 0) is 4.79 Å². The lowest BCUT2D eigenvalue weighted by Gasteiger charge is -2.18. The first kappa shape index (κ1) is 16.7. The minimum Gasteiger partial charge on any atom is -0.492 e. The summed E-state index contributed by atoms with van der Waals surface area (Å²) in [5.41, 5.74) is 0. The number of likely N-dealkylation sites (N-methyl/N-ethyl adjacent to an activating group) is 1. The summed E-state index contributed by atoms with van der Waals surface area (Å²) in [6.07, 6.45) is 0.415. The van der Waals surface area contributed by atoms with Gasteiger partial charge in [0.25, 0.3) is 0 Å². The van der Waals surface area contributed by atoms with E-state index in [9.17, 15) is 14.0 Å². The van der Waals surface area contributed by atoms with Crippen molar-refractivity contribution in [3.63, 3.8) is 0 Å². The molecule has 1 aromatic rings. The third kappa shape index (κ3) is 7.14. The Morgan fingerprint density at radius 1 is 1.33 bits per heavy atom. The van der Waals surface area contributed by atoms with Crippen LogP contribution in [0.2, 0.25) is 0 Å². The number of ether oxygens (including phenoxy) is 1. The number of amides is 2. The zero-order valence-electron chi connectivity index (χ0n) is 11.8. The third-order valence-corrected chi connectivity index (χ3v) is 2.70. The summed E-state index contributed by atoms with van der Waals surface area (Å²) in [6, 6.07) is 5.34. The van der Waals surface area contributed by atoms with Crippen LogP contribution < -0.4 is 10.1 Å². The van der Waals surface area contributed by atoms with Crippen molar-refractivity contribution < 1.29 is 23.8 Å². The lowest BCUT2D eigenvalue weighted by molar-refractivity contribution is -0.137. The van der Waals surface area contributed by atoms with Crippen LogP contribution in [-0.4, -0.2) is 48.8 Å². The van der Waals surface area contributed by atoms with Gasteiger partial charge >= 0.3 is 12.0 Å². The maximum absolute atomic E-state index is 12.7. The van der Waals surface area contributed by atoms with Gasteiger partial charge in [0.1, 0.15) is 18.2 Å². The highest BCUT2D eigenvalue weighted by Gasteiger charge is 2.08. The van der Waals surface area contributed by atoms with Gasteiger partial charge in [0, 0.05) is 20.0 Å². The van der Waals surface area contributed by atoms with Crippen LogP contribution in [0.15, 0.2) is 24.3 Å². The number of urea groups is 1. The van der Waals surface area contributed by atoms with E-state index in [2.05, 4.69) is 5.32 Å². The Balaban J connectivity index is 2.17. The molecule has 6 nitrogen and oxygen atoms in total. The first-order chi connectivity index (χ1) is 9.99. The third-order valence-electron chi connectivity index (χ3n) is 2.70. The molecule has 1 aromatic carbocycles. The van der Waals surface area contributed by atoms with Gasteiger partial charge in [0.2, 0.25) is 0 Å². The van der Waals surface area contributed by atoms with Crippen molar-refractivity contribution >= 4 is 12.0 Å². The molecule has 0 aliphatic heterocycles. The van der Waals surface area contributed by atoms with Crippen LogP contribution in [0, 0.1) is 5.82 Å². The summed E-state index contributed by atoms with van der Waals surface area (Å²) >= 11 is 0. The van der Waals surface area contributed by atoms with E-state index < -0.39 is 5.97 Å². The fourth-order valence-corrected chi connectivity index (χ4v) is 1.50. The average molecular weight is 298 g/mol. The molecule has 116 valence electrons. The number of carboxylic acids is 1. The standard InChI is InChI=1S/C14H19FN2O4/c1-17(14(20)16-8-2-3-13(18)19)9-10-21-12-6-4-11(15)5-7-12/h4-7H,2-3,8-10H2,1H3,(H,16,20)(H,18,19).